The minimum absolute atomic E-state index is 0.0545. The molecule has 1 aliphatic rings. The van der Waals surface area contributed by atoms with E-state index in [1.165, 1.54) is 77.2 Å². The van der Waals surface area contributed by atoms with E-state index < -0.39 is 0 Å². The van der Waals surface area contributed by atoms with E-state index in [1.54, 1.807) is 0 Å². The molecule has 0 fully saturated rings. The molecule has 0 aliphatic heterocycles. The Bertz CT molecular complexity index is 2180. The SMILES string of the molecule is CC1(C)c2ccccc2-c2c(-c3c4ccccc4c(C=Cc4ccccc4)c4ccc(-c5ccccc5)cc34)cccc21. The van der Waals surface area contributed by atoms with Gasteiger partial charge in [0.2, 0.25) is 0 Å². The molecule has 0 radical (unpaired) electrons. The van der Waals surface area contributed by atoms with Crippen molar-refractivity contribution in [2.24, 2.45) is 0 Å². The zero-order valence-electron chi connectivity index (χ0n) is 24.5. The van der Waals surface area contributed by atoms with Crippen LogP contribution in [-0.2, 0) is 5.41 Å². The molecule has 7 aromatic rings. The number of rotatable bonds is 4. The highest BCUT2D eigenvalue weighted by Crippen LogP contribution is 2.54. The summed E-state index contributed by atoms with van der Waals surface area (Å²) >= 11 is 0. The zero-order chi connectivity index (χ0) is 29.0. The molecule has 0 saturated heterocycles. The molecule has 0 heteroatoms. The van der Waals surface area contributed by atoms with Crippen LogP contribution < -0.4 is 0 Å². The number of hydrogen-bond donors (Lipinski definition) is 0. The van der Waals surface area contributed by atoms with Crippen LogP contribution in [0.4, 0.5) is 0 Å². The molecule has 0 spiro atoms. The van der Waals surface area contributed by atoms with Gasteiger partial charge in [-0.25, -0.2) is 0 Å². The molecule has 7 aromatic carbocycles. The first-order valence-corrected chi connectivity index (χ1v) is 15.1. The van der Waals surface area contributed by atoms with Crippen molar-refractivity contribution in [2.45, 2.75) is 19.3 Å². The highest BCUT2D eigenvalue weighted by Gasteiger charge is 2.37. The van der Waals surface area contributed by atoms with E-state index in [0.29, 0.717) is 0 Å². The highest BCUT2D eigenvalue weighted by atomic mass is 14.4. The Kier molecular flexibility index (Phi) is 5.91. The second-order valence-corrected chi connectivity index (χ2v) is 12.1. The summed E-state index contributed by atoms with van der Waals surface area (Å²) in [5, 5.41) is 5.10. The lowest BCUT2D eigenvalue weighted by atomic mass is 9.81. The first-order chi connectivity index (χ1) is 21.1. The minimum atomic E-state index is -0.0545. The molecule has 0 bridgehead atoms. The van der Waals surface area contributed by atoms with Crippen LogP contribution in [-0.4, -0.2) is 0 Å². The molecule has 1 aliphatic carbocycles. The first-order valence-electron chi connectivity index (χ1n) is 15.1. The molecule has 0 nitrogen and oxygen atoms in total. The maximum atomic E-state index is 2.41. The lowest BCUT2D eigenvalue weighted by Gasteiger charge is -2.22. The van der Waals surface area contributed by atoms with Crippen molar-refractivity contribution in [3.8, 4) is 33.4 Å². The number of benzene rings is 7. The Morgan fingerprint density at radius 1 is 0.419 bits per heavy atom. The fourth-order valence-corrected chi connectivity index (χ4v) is 7.20. The Hall–Kier alpha value is -5.20. The summed E-state index contributed by atoms with van der Waals surface area (Å²) in [5.74, 6) is 0. The summed E-state index contributed by atoms with van der Waals surface area (Å²) in [6.45, 7) is 4.73. The minimum Gasteiger partial charge on any atom is -0.0622 e. The Morgan fingerprint density at radius 3 is 1.86 bits per heavy atom. The second-order valence-electron chi connectivity index (χ2n) is 12.1. The van der Waals surface area contributed by atoms with Crippen LogP contribution in [0.15, 0.2) is 146 Å². The number of hydrogen-bond acceptors (Lipinski definition) is 0. The fourth-order valence-electron chi connectivity index (χ4n) is 7.20. The smallest absolute Gasteiger partial charge is 0.0159 e. The average Bonchev–Trinajstić information content (AvgIpc) is 3.30. The predicted molar refractivity (Wildman–Crippen MR) is 185 cm³/mol. The topological polar surface area (TPSA) is 0 Å². The summed E-state index contributed by atoms with van der Waals surface area (Å²) < 4.78 is 0. The normalized spacial score (nSPS) is 13.4. The molecule has 0 N–H and O–H groups in total. The maximum absolute atomic E-state index is 2.41. The highest BCUT2D eigenvalue weighted by molar-refractivity contribution is 6.20. The fraction of sp³-hybridized carbons (Fsp3) is 0.0698. The molecular formula is C43H32. The summed E-state index contributed by atoms with van der Waals surface area (Å²) in [5.41, 5.74) is 13.0. The largest absolute Gasteiger partial charge is 0.0622 e. The van der Waals surface area contributed by atoms with Crippen LogP contribution in [0.2, 0.25) is 0 Å². The van der Waals surface area contributed by atoms with Crippen molar-refractivity contribution in [1.29, 1.82) is 0 Å². The first kappa shape index (κ1) is 25.5. The van der Waals surface area contributed by atoms with Gasteiger partial charge in [0.25, 0.3) is 0 Å². The van der Waals surface area contributed by atoms with Crippen molar-refractivity contribution >= 4 is 33.7 Å². The molecule has 43 heavy (non-hydrogen) atoms. The van der Waals surface area contributed by atoms with Crippen LogP contribution in [0.5, 0.6) is 0 Å². The van der Waals surface area contributed by atoms with Gasteiger partial charge in [0.1, 0.15) is 0 Å². The van der Waals surface area contributed by atoms with Crippen molar-refractivity contribution in [2.75, 3.05) is 0 Å². The lowest BCUT2D eigenvalue weighted by molar-refractivity contribution is 0.660. The van der Waals surface area contributed by atoms with Gasteiger partial charge < -0.3 is 0 Å². The average molecular weight is 549 g/mol. The zero-order valence-corrected chi connectivity index (χ0v) is 24.5. The van der Waals surface area contributed by atoms with E-state index in [-0.39, 0.29) is 5.41 Å². The van der Waals surface area contributed by atoms with Crippen molar-refractivity contribution in [1.82, 2.24) is 0 Å². The van der Waals surface area contributed by atoms with E-state index in [2.05, 4.69) is 172 Å². The van der Waals surface area contributed by atoms with Crippen molar-refractivity contribution < 1.29 is 0 Å². The van der Waals surface area contributed by atoms with Gasteiger partial charge in [0.05, 0.1) is 0 Å². The second kappa shape index (κ2) is 9.96. The molecule has 0 heterocycles. The standard InChI is InChI=1S/C43H32/c1-43(2)39-22-12-11-20-36(39)42-37(21-13-23-40(42)43)41-35-19-10-9-18-32(35)33(26-24-29-14-5-3-6-15-29)34-27-25-31(28-38(34)41)30-16-7-4-8-17-30/h3-28H,1-2H3. The molecule has 0 unspecified atom stereocenters. The quantitative estimate of drug-likeness (QED) is 0.152. The molecule has 0 amide bonds. The molecule has 0 atom stereocenters. The summed E-state index contributed by atoms with van der Waals surface area (Å²) in [7, 11) is 0. The molecule has 0 aromatic heterocycles. The molecule has 0 saturated carbocycles. The molecule has 204 valence electrons. The third kappa shape index (κ3) is 4.06. The van der Waals surface area contributed by atoms with Gasteiger partial charge in [-0.15, -0.1) is 0 Å². The predicted octanol–water partition coefficient (Wildman–Crippen LogP) is 11.8. The summed E-state index contributed by atoms with van der Waals surface area (Å²) in [6, 6.07) is 53.2. The van der Waals surface area contributed by atoms with E-state index in [0.717, 1.165) is 0 Å². The maximum Gasteiger partial charge on any atom is 0.0159 e. The third-order valence-electron chi connectivity index (χ3n) is 9.29. The number of fused-ring (bicyclic) bond motifs is 5. The summed E-state index contributed by atoms with van der Waals surface area (Å²) in [6.07, 6.45) is 4.55. The van der Waals surface area contributed by atoms with E-state index in [9.17, 15) is 0 Å². The monoisotopic (exact) mass is 548 g/mol. The van der Waals surface area contributed by atoms with Crippen LogP contribution >= 0.6 is 0 Å². The van der Waals surface area contributed by atoms with Gasteiger partial charge in [-0.2, -0.15) is 0 Å². The lowest BCUT2D eigenvalue weighted by Crippen LogP contribution is -2.14. The van der Waals surface area contributed by atoms with E-state index in [1.807, 2.05) is 0 Å². The van der Waals surface area contributed by atoms with Crippen LogP contribution in [0.25, 0.3) is 67.1 Å². The third-order valence-corrected chi connectivity index (χ3v) is 9.29. The van der Waals surface area contributed by atoms with Gasteiger partial charge in [-0.05, 0) is 83.2 Å². The van der Waals surface area contributed by atoms with Crippen LogP contribution in [0.3, 0.4) is 0 Å². The van der Waals surface area contributed by atoms with Crippen LogP contribution in [0, 0.1) is 0 Å². The van der Waals surface area contributed by atoms with E-state index in [4.69, 9.17) is 0 Å². The van der Waals surface area contributed by atoms with Gasteiger partial charge in [0.15, 0.2) is 0 Å². The van der Waals surface area contributed by atoms with Crippen molar-refractivity contribution in [3.05, 3.63) is 168 Å². The van der Waals surface area contributed by atoms with Gasteiger partial charge in [-0.3, -0.25) is 0 Å². The van der Waals surface area contributed by atoms with Gasteiger partial charge in [0, 0.05) is 5.41 Å². The Morgan fingerprint density at radius 2 is 1.05 bits per heavy atom. The van der Waals surface area contributed by atoms with Gasteiger partial charge >= 0.3 is 0 Å². The summed E-state index contributed by atoms with van der Waals surface area (Å²) in [4.78, 5) is 0. The molecular weight excluding hydrogens is 516 g/mol. The Balaban J connectivity index is 1.50. The van der Waals surface area contributed by atoms with E-state index >= 15 is 0 Å². The van der Waals surface area contributed by atoms with Gasteiger partial charge in [-0.1, -0.05) is 166 Å². The van der Waals surface area contributed by atoms with Crippen molar-refractivity contribution in [3.63, 3.8) is 0 Å². The Labute approximate surface area is 253 Å². The molecule has 8 rings (SSSR count). The van der Waals surface area contributed by atoms with Crippen LogP contribution in [0.1, 0.15) is 36.1 Å².